The van der Waals surface area contributed by atoms with Crippen LogP contribution < -0.4 is 16.4 Å². The summed E-state index contributed by atoms with van der Waals surface area (Å²) in [6.45, 7) is 0.499. The lowest BCUT2D eigenvalue weighted by Gasteiger charge is -2.29. The Hall–Kier alpha value is -2.85. The van der Waals surface area contributed by atoms with Crippen molar-refractivity contribution in [3.63, 3.8) is 0 Å². The number of phenols is 2. The lowest BCUT2D eigenvalue weighted by atomic mass is 10.0. The monoisotopic (exact) mass is 380 g/mol. The molecule has 1 aromatic rings. The number of amides is 3. The molecule has 0 spiro atoms. The molecule has 148 valence electrons. The van der Waals surface area contributed by atoms with Gasteiger partial charge >= 0.3 is 0 Å². The summed E-state index contributed by atoms with van der Waals surface area (Å²) in [5.74, 6) is -3.00. The Kier molecular flexibility index (Phi) is 6.97. The maximum Gasteiger partial charge on any atom is 0.268 e. The molecule has 10 nitrogen and oxygen atoms in total. The number of aromatic hydroxyl groups is 2. The van der Waals surface area contributed by atoms with E-state index in [4.69, 9.17) is 5.73 Å². The van der Waals surface area contributed by atoms with Crippen LogP contribution in [0.25, 0.3) is 0 Å². The normalized spacial score (nSPS) is 18.1. The lowest BCUT2D eigenvalue weighted by molar-refractivity contribution is -0.173. The predicted octanol–water partition coefficient (Wildman–Crippen LogP) is -0.569. The number of benzene rings is 1. The molecule has 2 atom stereocenters. The van der Waals surface area contributed by atoms with Crippen LogP contribution in [0.1, 0.15) is 36.0 Å². The summed E-state index contributed by atoms with van der Waals surface area (Å²) in [5, 5.41) is 34.4. The Balaban J connectivity index is 2.09. The first kappa shape index (κ1) is 20.5. The fraction of sp³-hybridized carbons (Fsp3) is 0.471. The van der Waals surface area contributed by atoms with Gasteiger partial charge < -0.3 is 26.6 Å². The maximum atomic E-state index is 12.6. The van der Waals surface area contributed by atoms with Gasteiger partial charge in [0, 0.05) is 6.54 Å². The topological polar surface area (TPSA) is 165 Å². The minimum absolute atomic E-state index is 0.184. The van der Waals surface area contributed by atoms with Gasteiger partial charge in [-0.1, -0.05) is 6.07 Å². The number of nitrogens with one attached hydrogen (secondary N) is 2. The van der Waals surface area contributed by atoms with Crippen LogP contribution in [0.3, 0.4) is 0 Å². The van der Waals surface area contributed by atoms with Crippen LogP contribution in [0.4, 0.5) is 0 Å². The molecule has 0 saturated carbocycles. The van der Waals surface area contributed by atoms with E-state index in [0.717, 1.165) is 0 Å². The van der Waals surface area contributed by atoms with Crippen molar-refractivity contribution < 1.29 is 29.8 Å². The lowest BCUT2D eigenvalue weighted by Crippen LogP contribution is -2.55. The van der Waals surface area contributed by atoms with E-state index in [1.807, 2.05) is 0 Å². The number of carbonyl (C=O) groups is 3. The largest absolute Gasteiger partial charge is 0.504 e. The molecule has 0 aromatic heterocycles. The predicted molar refractivity (Wildman–Crippen MR) is 94.0 cm³/mol. The summed E-state index contributed by atoms with van der Waals surface area (Å²) in [6, 6.07) is 2.04. The zero-order valence-corrected chi connectivity index (χ0v) is 14.7. The molecule has 3 amide bonds. The number of carbonyl (C=O) groups excluding carboxylic acids is 3. The highest BCUT2D eigenvalue weighted by molar-refractivity contribution is 6.00. The standard InChI is InChI=1S/C17H24N4O6/c18-8-2-5-11(16(25)20-12-6-3-9-21(27)17(12)26)19-15(24)10-4-1-7-13(22)14(10)23/h1,4,7,11-12,22-23,27H,2-3,5-6,8-9,18H2,(H,19,24)(H,20,25)/t11-,12-/m0/s1. The van der Waals surface area contributed by atoms with Gasteiger partial charge in [-0.15, -0.1) is 0 Å². The molecular weight excluding hydrogens is 356 g/mol. The molecule has 1 heterocycles. The van der Waals surface area contributed by atoms with Gasteiger partial charge in [0.1, 0.15) is 12.1 Å². The highest BCUT2D eigenvalue weighted by Gasteiger charge is 2.32. The van der Waals surface area contributed by atoms with E-state index in [-0.39, 0.29) is 18.5 Å². The number of rotatable bonds is 7. The molecule has 2 rings (SSSR count). The summed E-state index contributed by atoms with van der Waals surface area (Å²) in [7, 11) is 0. The fourth-order valence-corrected chi connectivity index (χ4v) is 2.81. The molecule has 27 heavy (non-hydrogen) atoms. The van der Waals surface area contributed by atoms with Gasteiger partial charge in [0.25, 0.3) is 11.8 Å². The van der Waals surface area contributed by atoms with Crippen molar-refractivity contribution in [1.29, 1.82) is 0 Å². The van der Waals surface area contributed by atoms with Crippen molar-refractivity contribution in [1.82, 2.24) is 15.7 Å². The number of para-hydroxylation sites is 1. The molecule has 1 aliphatic rings. The first-order valence-corrected chi connectivity index (χ1v) is 8.67. The van der Waals surface area contributed by atoms with E-state index in [1.165, 1.54) is 18.2 Å². The van der Waals surface area contributed by atoms with E-state index in [2.05, 4.69) is 10.6 Å². The van der Waals surface area contributed by atoms with Crippen LogP contribution in [0.15, 0.2) is 18.2 Å². The van der Waals surface area contributed by atoms with E-state index in [1.54, 1.807) is 0 Å². The van der Waals surface area contributed by atoms with Crippen molar-refractivity contribution in [3.8, 4) is 11.5 Å². The molecular formula is C17H24N4O6. The van der Waals surface area contributed by atoms with Gasteiger partial charge in [-0.05, 0) is 44.4 Å². The number of piperidine rings is 1. The number of nitrogens with zero attached hydrogens (tertiary/aromatic N) is 1. The summed E-state index contributed by atoms with van der Waals surface area (Å²) < 4.78 is 0. The molecule has 0 aliphatic carbocycles. The minimum Gasteiger partial charge on any atom is -0.504 e. The van der Waals surface area contributed by atoms with Crippen LogP contribution in [0.5, 0.6) is 11.5 Å². The third-order valence-electron chi connectivity index (χ3n) is 4.31. The Morgan fingerprint density at radius 2 is 2.07 bits per heavy atom. The zero-order valence-electron chi connectivity index (χ0n) is 14.7. The molecule has 1 fully saturated rings. The Morgan fingerprint density at radius 1 is 1.33 bits per heavy atom. The Morgan fingerprint density at radius 3 is 2.78 bits per heavy atom. The average molecular weight is 380 g/mol. The summed E-state index contributed by atoms with van der Waals surface area (Å²) >= 11 is 0. The molecule has 0 radical (unpaired) electrons. The van der Waals surface area contributed by atoms with Crippen molar-refractivity contribution >= 4 is 17.7 Å². The smallest absolute Gasteiger partial charge is 0.268 e. The first-order valence-electron chi connectivity index (χ1n) is 8.67. The third kappa shape index (κ3) is 5.08. The second-order valence-electron chi connectivity index (χ2n) is 6.30. The number of nitrogens with two attached hydrogens (primary N) is 1. The fourth-order valence-electron chi connectivity index (χ4n) is 2.81. The third-order valence-corrected chi connectivity index (χ3v) is 4.31. The molecule has 1 aliphatic heterocycles. The molecule has 10 heteroatoms. The van der Waals surface area contributed by atoms with E-state index in [9.17, 15) is 29.8 Å². The van der Waals surface area contributed by atoms with Crippen molar-refractivity contribution in [2.24, 2.45) is 5.73 Å². The van der Waals surface area contributed by atoms with Crippen molar-refractivity contribution in [3.05, 3.63) is 23.8 Å². The van der Waals surface area contributed by atoms with Crippen LogP contribution >= 0.6 is 0 Å². The molecule has 1 saturated heterocycles. The molecule has 7 N–H and O–H groups in total. The Labute approximate surface area is 155 Å². The molecule has 1 aromatic carbocycles. The maximum absolute atomic E-state index is 12.6. The van der Waals surface area contributed by atoms with Gasteiger partial charge in [-0.3, -0.25) is 19.6 Å². The quantitative estimate of drug-likeness (QED) is 0.272. The highest BCUT2D eigenvalue weighted by atomic mass is 16.5. The summed E-state index contributed by atoms with van der Waals surface area (Å²) in [6.07, 6.45) is 1.57. The van der Waals surface area contributed by atoms with Crippen molar-refractivity contribution in [2.75, 3.05) is 13.1 Å². The summed E-state index contributed by atoms with van der Waals surface area (Å²) in [5.41, 5.74) is 5.29. The average Bonchev–Trinajstić information content (AvgIpc) is 2.64. The van der Waals surface area contributed by atoms with Gasteiger partial charge in [0.15, 0.2) is 11.5 Å². The zero-order chi connectivity index (χ0) is 20.0. The van der Waals surface area contributed by atoms with Crippen LogP contribution in [0.2, 0.25) is 0 Å². The van der Waals surface area contributed by atoms with Crippen LogP contribution in [-0.2, 0) is 9.59 Å². The van der Waals surface area contributed by atoms with E-state index in [0.29, 0.717) is 30.9 Å². The molecule has 0 unspecified atom stereocenters. The highest BCUT2D eigenvalue weighted by Crippen LogP contribution is 2.28. The Bertz CT molecular complexity index is 711. The van der Waals surface area contributed by atoms with Crippen LogP contribution in [0, 0.1) is 0 Å². The van der Waals surface area contributed by atoms with E-state index >= 15 is 0 Å². The molecule has 0 bridgehead atoms. The van der Waals surface area contributed by atoms with Crippen molar-refractivity contribution in [2.45, 2.75) is 37.8 Å². The van der Waals surface area contributed by atoms with Gasteiger partial charge in [0.2, 0.25) is 5.91 Å². The number of hydrogen-bond donors (Lipinski definition) is 6. The number of phenolic OH excluding ortho intramolecular Hbond substituents is 2. The first-order chi connectivity index (χ1) is 12.8. The second kappa shape index (κ2) is 9.19. The SMILES string of the molecule is NCCC[C@H](NC(=O)c1cccc(O)c1O)C(=O)N[C@H]1CCCN(O)C1=O. The number of hydroxylamine groups is 2. The van der Waals surface area contributed by atoms with Gasteiger partial charge in [-0.25, -0.2) is 5.06 Å². The van der Waals surface area contributed by atoms with Crippen LogP contribution in [-0.4, -0.2) is 63.4 Å². The van der Waals surface area contributed by atoms with Gasteiger partial charge in [-0.2, -0.15) is 0 Å². The van der Waals surface area contributed by atoms with Gasteiger partial charge in [0.05, 0.1) is 5.56 Å². The summed E-state index contributed by atoms with van der Waals surface area (Å²) in [4.78, 5) is 36.9. The minimum atomic E-state index is -0.996. The second-order valence-corrected chi connectivity index (χ2v) is 6.30. The van der Waals surface area contributed by atoms with E-state index < -0.39 is 41.3 Å². The number of hydrogen-bond acceptors (Lipinski definition) is 7.